The monoisotopic (exact) mass is 551 g/mol. The molecule has 2 amide bonds. The number of primary amides is 1. The Balaban J connectivity index is 1.66. The van der Waals surface area contributed by atoms with E-state index in [0.717, 1.165) is 31.6 Å². The number of ketones is 1. The van der Waals surface area contributed by atoms with Crippen molar-refractivity contribution in [1.82, 2.24) is 9.80 Å². The molecule has 2 aromatic rings. The fraction of sp³-hybridized carbons (Fsp3) is 0.433. The first kappa shape index (κ1) is 29.1. The maximum absolute atomic E-state index is 13.4. The molecule has 1 unspecified atom stereocenters. The van der Waals surface area contributed by atoms with E-state index in [1.54, 1.807) is 42.5 Å². The molecule has 2 aliphatic rings. The predicted octanol–water partition coefficient (Wildman–Crippen LogP) is 2.79. The number of nitrogens with zero attached hydrogens (tertiary/aromatic N) is 2. The fourth-order valence-corrected chi connectivity index (χ4v) is 4.97. The molecule has 4 rings (SSSR count). The Hall–Kier alpha value is -3.89. The van der Waals surface area contributed by atoms with Gasteiger partial charge in [-0.15, -0.1) is 0 Å². The minimum absolute atomic E-state index is 0.0313. The average Bonchev–Trinajstić information content (AvgIpc) is 3.21. The number of amides is 2. The van der Waals surface area contributed by atoms with Crippen LogP contribution >= 0.6 is 0 Å². The lowest BCUT2D eigenvalue weighted by atomic mass is 9.94. The van der Waals surface area contributed by atoms with E-state index >= 15 is 0 Å². The third-order valence-electron chi connectivity index (χ3n) is 7.00. The van der Waals surface area contributed by atoms with Crippen LogP contribution in [-0.2, 0) is 19.1 Å². The number of nitrogens with two attached hydrogens (primary N) is 1. The molecule has 0 radical (unpaired) electrons. The molecule has 2 heterocycles. The molecule has 0 aromatic heterocycles. The van der Waals surface area contributed by atoms with Crippen LogP contribution in [0.25, 0.3) is 5.76 Å². The summed E-state index contributed by atoms with van der Waals surface area (Å²) in [5.74, 6) is -1.10. The van der Waals surface area contributed by atoms with E-state index in [1.807, 2.05) is 13.8 Å². The molecular formula is C30H37N3O7. The zero-order valence-corrected chi connectivity index (χ0v) is 23.1. The lowest BCUT2D eigenvalue weighted by molar-refractivity contribution is -0.140. The molecule has 2 aliphatic heterocycles. The lowest BCUT2D eigenvalue weighted by Crippen LogP contribution is -2.38. The standard InChI is InChI=1S/C30H37N3O7/c1-3-15-39-24-10-7-22(18-20(24)2)28(35)26-27(21-5-8-23(9-6-21)40-19-25(31)34)33(30(37)29(26)36)12-4-11-32-13-16-38-17-14-32/h5-10,18,27,35H,3-4,11-17,19H2,1-2H3,(H2,31,34). The molecule has 0 spiro atoms. The Morgan fingerprint density at radius 1 is 1.07 bits per heavy atom. The normalized spacial score (nSPS) is 19.1. The topological polar surface area (TPSA) is 132 Å². The summed E-state index contributed by atoms with van der Waals surface area (Å²) >= 11 is 0. The Labute approximate surface area is 234 Å². The van der Waals surface area contributed by atoms with Crippen LogP contribution in [-0.4, -0.2) is 85.1 Å². The lowest BCUT2D eigenvalue weighted by Gasteiger charge is -2.29. The molecule has 0 aliphatic carbocycles. The van der Waals surface area contributed by atoms with E-state index in [0.29, 0.717) is 55.4 Å². The maximum Gasteiger partial charge on any atom is 0.295 e. The van der Waals surface area contributed by atoms with Crippen LogP contribution in [0.4, 0.5) is 0 Å². The second kappa shape index (κ2) is 13.5. The number of morpholine rings is 1. The number of aryl methyl sites for hydroxylation is 1. The Morgan fingerprint density at radius 2 is 1.80 bits per heavy atom. The molecule has 10 nitrogen and oxygen atoms in total. The second-order valence-electron chi connectivity index (χ2n) is 9.95. The first-order valence-electron chi connectivity index (χ1n) is 13.6. The van der Waals surface area contributed by atoms with Gasteiger partial charge < -0.3 is 30.0 Å². The summed E-state index contributed by atoms with van der Waals surface area (Å²) < 4.78 is 16.5. The van der Waals surface area contributed by atoms with Crippen LogP contribution in [0.1, 0.15) is 42.5 Å². The van der Waals surface area contributed by atoms with Crippen LogP contribution < -0.4 is 15.2 Å². The number of hydrogen-bond acceptors (Lipinski definition) is 8. The summed E-state index contributed by atoms with van der Waals surface area (Å²) in [5.41, 5.74) is 7.08. The third kappa shape index (κ3) is 6.81. The van der Waals surface area contributed by atoms with Crippen molar-refractivity contribution in [3.63, 3.8) is 0 Å². The van der Waals surface area contributed by atoms with Gasteiger partial charge in [-0.05, 0) is 61.2 Å². The summed E-state index contributed by atoms with van der Waals surface area (Å²) in [5, 5.41) is 11.4. The molecule has 214 valence electrons. The SMILES string of the molecule is CCCOc1ccc(C(O)=C2C(=O)C(=O)N(CCCN3CCOCC3)C2c2ccc(OCC(N)=O)cc2)cc1C. The van der Waals surface area contributed by atoms with Gasteiger partial charge in [-0.1, -0.05) is 19.1 Å². The first-order valence-corrected chi connectivity index (χ1v) is 13.6. The summed E-state index contributed by atoms with van der Waals surface area (Å²) in [6.45, 7) is 8.30. The summed E-state index contributed by atoms with van der Waals surface area (Å²) in [6.07, 6.45) is 1.52. The number of carbonyl (C=O) groups is 3. The highest BCUT2D eigenvalue weighted by atomic mass is 16.5. The highest BCUT2D eigenvalue weighted by molar-refractivity contribution is 6.46. The molecule has 2 aromatic carbocycles. The van der Waals surface area contributed by atoms with Gasteiger partial charge in [0.15, 0.2) is 6.61 Å². The number of benzene rings is 2. The number of aliphatic hydroxyl groups excluding tert-OH is 1. The zero-order chi connectivity index (χ0) is 28.6. The van der Waals surface area contributed by atoms with Crippen molar-refractivity contribution >= 4 is 23.4 Å². The van der Waals surface area contributed by atoms with Crippen molar-refractivity contribution in [2.45, 2.75) is 32.7 Å². The van der Waals surface area contributed by atoms with Crippen molar-refractivity contribution in [3.05, 3.63) is 64.7 Å². The van der Waals surface area contributed by atoms with Crippen LogP contribution in [0.5, 0.6) is 11.5 Å². The van der Waals surface area contributed by atoms with Crippen molar-refractivity contribution in [3.8, 4) is 11.5 Å². The number of Topliss-reactive ketones (excluding diaryl/α,β-unsaturated/α-hetero) is 1. The minimum Gasteiger partial charge on any atom is -0.507 e. The Kier molecular flexibility index (Phi) is 9.79. The molecule has 0 saturated carbocycles. The number of aliphatic hydroxyl groups is 1. The summed E-state index contributed by atoms with van der Waals surface area (Å²) in [4.78, 5) is 41.6. The van der Waals surface area contributed by atoms with Crippen molar-refractivity contribution in [2.24, 2.45) is 5.73 Å². The second-order valence-corrected chi connectivity index (χ2v) is 9.95. The quantitative estimate of drug-likeness (QED) is 0.234. The van der Waals surface area contributed by atoms with E-state index in [2.05, 4.69) is 4.90 Å². The van der Waals surface area contributed by atoms with E-state index in [9.17, 15) is 19.5 Å². The third-order valence-corrected chi connectivity index (χ3v) is 7.00. The van der Waals surface area contributed by atoms with Gasteiger partial charge in [-0.25, -0.2) is 0 Å². The van der Waals surface area contributed by atoms with Gasteiger partial charge in [-0.2, -0.15) is 0 Å². The Bertz CT molecular complexity index is 1250. The minimum atomic E-state index is -0.786. The van der Waals surface area contributed by atoms with Crippen LogP contribution in [0.15, 0.2) is 48.0 Å². The van der Waals surface area contributed by atoms with E-state index < -0.39 is 23.6 Å². The number of ether oxygens (including phenoxy) is 3. The predicted molar refractivity (Wildman–Crippen MR) is 149 cm³/mol. The Morgan fingerprint density at radius 3 is 2.45 bits per heavy atom. The van der Waals surface area contributed by atoms with E-state index in [1.165, 1.54) is 4.90 Å². The summed E-state index contributed by atoms with van der Waals surface area (Å²) in [7, 11) is 0. The first-order chi connectivity index (χ1) is 19.3. The number of carbonyl (C=O) groups excluding carboxylic acids is 3. The molecule has 2 fully saturated rings. The number of hydrogen-bond donors (Lipinski definition) is 2. The molecule has 40 heavy (non-hydrogen) atoms. The molecule has 1 atom stereocenters. The van der Waals surface area contributed by atoms with E-state index in [4.69, 9.17) is 19.9 Å². The molecule has 0 bridgehead atoms. The van der Waals surface area contributed by atoms with Crippen LogP contribution in [0, 0.1) is 6.92 Å². The molecule has 3 N–H and O–H groups in total. The van der Waals surface area contributed by atoms with E-state index in [-0.39, 0.29) is 17.9 Å². The van der Waals surface area contributed by atoms with Gasteiger partial charge in [0, 0.05) is 31.7 Å². The van der Waals surface area contributed by atoms with Gasteiger partial charge in [-0.3, -0.25) is 19.3 Å². The van der Waals surface area contributed by atoms with Crippen molar-refractivity contribution < 1.29 is 33.7 Å². The van der Waals surface area contributed by atoms with Gasteiger partial charge in [0.25, 0.3) is 17.6 Å². The number of likely N-dealkylation sites (tertiary alicyclic amines) is 1. The molecular weight excluding hydrogens is 514 g/mol. The average molecular weight is 552 g/mol. The number of rotatable bonds is 12. The molecule has 2 saturated heterocycles. The highest BCUT2D eigenvalue weighted by Crippen LogP contribution is 2.40. The van der Waals surface area contributed by atoms with Crippen molar-refractivity contribution in [1.29, 1.82) is 0 Å². The van der Waals surface area contributed by atoms with Crippen LogP contribution in [0.3, 0.4) is 0 Å². The van der Waals surface area contributed by atoms with Crippen molar-refractivity contribution in [2.75, 3.05) is 52.6 Å². The van der Waals surface area contributed by atoms with Gasteiger partial charge >= 0.3 is 0 Å². The van der Waals surface area contributed by atoms with Gasteiger partial charge in [0.1, 0.15) is 17.3 Å². The highest BCUT2D eigenvalue weighted by Gasteiger charge is 2.45. The fourth-order valence-electron chi connectivity index (χ4n) is 4.97. The van der Waals surface area contributed by atoms with Crippen LogP contribution in [0.2, 0.25) is 0 Å². The van der Waals surface area contributed by atoms with Gasteiger partial charge in [0.2, 0.25) is 0 Å². The molecule has 10 heteroatoms. The smallest absolute Gasteiger partial charge is 0.295 e. The summed E-state index contributed by atoms with van der Waals surface area (Å²) in [6, 6.07) is 11.2. The largest absolute Gasteiger partial charge is 0.507 e. The maximum atomic E-state index is 13.4. The zero-order valence-electron chi connectivity index (χ0n) is 23.1. The van der Waals surface area contributed by atoms with Gasteiger partial charge in [0.05, 0.1) is 31.4 Å².